The average Bonchev–Trinajstić information content (AvgIpc) is 2.75. The van der Waals surface area contributed by atoms with Crippen LogP contribution in [-0.4, -0.2) is 18.0 Å². The van der Waals surface area contributed by atoms with Gasteiger partial charge in [0.05, 0.1) is 12.6 Å². The number of fused-ring (bicyclic) bond motifs is 1. The lowest BCUT2D eigenvalue weighted by atomic mass is 10.0. The molecule has 1 unspecified atom stereocenters. The molecule has 0 saturated heterocycles. The van der Waals surface area contributed by atoms with E-state index in [1.807, 2.05) is 18.2 Å². The molecular formula is C12H15ClF2N2O. The van der Waals surface area contributed by atoms with Crippen molar-refractivity contribution in [2.45, 2.75) is 30.7 Å². The molecule has 0 fully saturated rings. The molecule has 1 aliphatic heterocycles. The normalized spacial score (nSPS) is 16.2. The van der Waals surface area contributed by atoms with E-state index in [1.165, 1.54) is 0 Å². The first-order valence-corrected chi connectivity index (χ1v) is 6.16. The summed E-state index contributed by atoms with van der Waals surface area (Å²) in [6.07, 6.45) is 1.53. The van der Waals surface area contributed by atoms with Gasteiger partial charge in [0.1, 0.15) is 5.75 Å². The molecule has 0 aromatic heterocycles. The molecule has 6 heteroatoms. The van der Waals surface area contributed by atoms with Crippen LogP contribution in [0.1, 0.15) is 17.5 Å². The van der Waals surface area contributed by atoms with E-state index in [0.717, 1.165) is 23.3 Å². The first-order valence-electron chi connectivity index (χ1n) is 5.78. The van der Waals surface area contributed by atoms with Gasteiger partial charge in [0.15, 0.2) is 0 Å². The van der Waals surface area contributed by atoms with Crippen LogP contribution in [0.4, 0.5) is 8.78 Å². The molecule has 0 bridgehead atoms. The van der Waals surface area contributed by atoms with Crippen molar-refractivity contribution in [3.63, 3.8) is 0 Å². The second kappa shape index (κ2) is 5.38. The zero-order chi connectivity index (χ0) is 13.2. The van der Waals surface area contributed by atoms with Crippen molar-refractivity contribution >= 4 is 11.6 Å². The molecule has 0 spiro atoms. The Kier molecular flexibility index (Phi) is 4.04. The quantitative estimate of drug-likeness (QED) is 0.492. The highest BCUT2D eigenvalue weighted by molar-refractivity contribution is 6.22. The molecule has 1 aliphatic rings. The summed E-state index contributed by atoms with van der Waals surface area (Å²) in [5, 5.41) is -3.34. The smallest absolute Gasteiger partial charge is 0.338 e. The number of benzene rings is 1. The van der Waals surface area contributed by atoms with E-state index < -0.39 is 11.4 Å². The Balaban J connectivity index is 1.98. The fraction of sp³-hybridized carbons (Fsp3) is 0.500. The standard InChI is InChI=1S/C12H15ClF2N2O/c13-12(14,15)11(17-16)4-2-8-1-3-10-9(7-8)5-6-18-10/h1,3,7,11,17H,2,4-6,16H2. The van der Waals surface area contributed by atoms with E-state index >= 15 is 0 Å². The van der Waals surface area contributed by atoms with Gasteiger partial charge < -0.3 is 4.74 Å². The van der Waals surface area contributed by atoms with Crippen molar-refractivity contribution in [2.75, 3.05) is 6.61 Å². The number of aryl methyl sites for hydroxylation is 1. The van der Waals surface area contributed by atoms with Crippen LogP contribution in [-0.2, 0) is 12.8 Å². The summed E-state index contributed by atoms with van der Waals surface area (Å²) in [5.41, 5.74) is 4.17. The van der Waals surface area contributed by atoms with Crippen molar-refractivity contribution < 1.29 is 13.5 Å². The van der Waals surface area contributed by atoms with Crippen LogP contribution < -0.4 is 16.0 Å². The predicted molar refractivity (Wildman–Crippen MR) is 65.9 cm³/mol. The molecule has 1 atom stereocenters. The van der Waals surface area contributed by atoms with Gasteiger partial charge in [0.2, 0.25) is 0 Å². The summed E-state index contributed by atoms with van der Waals surface area (Å²) in [7, 11) is 0. The van der Waals surface area contributed by atoms with Gasteiger partial charge in [-0.3, -0.25) is 5.84 Å². The van der Waals surface area contributed by atoms with Crippen molar-refractivity contribution in [2.24, 2.45) is 5.84 Å². The number of hydrogen-bond donors (Lipinski definition) is 2. The fourth-order valence-corrected chi connectivity index (χ4v) is 2.22. The molecule has 0 aliphatic carbocycles. The van der Waals surface area contributed by atoms with E-state index in [-0.39, 0.29) is 6.42 Å². The van der Waals surface area contributed by atoms with Crippen molar-refractivity contribution in [3.8, 4) is 5.75 Å². The third kappa shape index (κ3) is 3.10. The van der Waals surface area contributed by atoms with Crippen LogP contribution in [0.2, 0.25) is 0 Å². The van der Waals surface area contributed by atoms with E-state index in [4.69, 9.17) is 22.2 Å². The molecule has 1 heterocycles. The van der Waals surface area contributed by atoms with Crippen LogP contribution in [0, 0.1) is 0 Å². The van der Waals surface area contributed by atoms with Gasteiger partial charge in [-0.2, -0.15) is 8.78 Å². The topological polar surface area (TPSA) is 47.3 Å². The lowest BCUT2D eigenvalue weighted by Gasteiger charge is -2.20. The third-order valence-corrected chi connectivity index (χ3v) is 3.34. The molecule has 3 nitrogen and oxygen atoms in total. The lowest BCUT2D eigenvalue weighted by molar-refractivity contribution is 0.0468. The maximum absolute atomic E-state index is 12.9. The summed E-state index contributed by atoms with van der Waals surface area (Å²) in [6.45, 7) is 0.686. The molecule has 0 radical (unpaired) electrons. The monoisotopic (exact) mass is 276 g/mol. The Bertz CT molecular complexity index is 423. The average molecular weight is 277 g/mol. The molecule has 100 valence electrons. The Labute approximate surface area is 109 Å². The fourth-order valence-electron chi connectivity index (χ4n) is 2.05. The Morgan fingerprint density at radius 2 is 2.28 bits per heavy atom. The molecule has 0 amide bonds. The number of hydrogen-bond acceptors (Lipinski definition) is 3. The summed E-state index contributed by atoms with van der Waals surface area (Å²) in [4.78, 5) is 0. The molecule has 2 rings (SSSR count). The van der Waals surface area contributed by atoms with Gasteiger partial charge in [-0.05, 0) is 41.6 Å². The maximum atomic E-state index is 12.9. The molecular weight excluding hydrogens is 262 g/mol. The van der Waals surface area contributed by atoms with Crippen LogP contribution in [0.5, 0.6) is 5.75 Å². The summed E-state index contributed by atoms with van der Waals surface area (Å²) < 4.78 is 31.2. The number of ether oxygens (including phenoxy) is 1. The van der Waals surface area contributed by atoms with E-state index in [0.29, 0.717) is 13.0 Å². The molecule has 1 aromatic rings. The molecule has 0 saturated carbocycles. The largest absolute Gasteiger partial charge is 0.493 e. The van der Waals surface area contributed by atoms with Gasteiger partial charge in [-0.1, -0.05) is 12.1 Å². The third-order valence-electron chi connectivity index (χ3n) is 3.07. The number of halogens is 3. The minimum absolute atomic E-state index is 0.173. The van der Waals surface area contributed by atoms with Gasteiger partial charge in [0, 0.05) is 6.42 Å². The Morgan fingerprint density at radius 1 is 1.50 bits per heavy atom. The van der Waals surface area contributed by atoms with E-state index in [1.54, 1.807) is 0 Å². The minimum atomic E-state index is -3.34. The van der Waals surface area contributed by atoms with Gasteiger partial charge in [-0.15, -0.1) is 0 Å². The van der Waals surface area contributed by atoms with Crippen molar-refractivity contribution in [1.29, 1.82) is 0 Å². The van der Waals surface area contributed by atoms with Gasteiger partial charge in [-0.25, -0.2) is 5.43 Å². The second-order valence-electron chi connectivity index (χ2n) is 4.34. The number of alkyl halides is 3. The molecule has 18 heavy (non-hydrogen) atoms. The van der Waals surface area contributed by atoms with Crippen LogP contribution >= 0.6 is 11.6 Å². The van der Waals surface area contributed by atoms with Crippen LogP contribution in [0.3, 0.4) is 0 Å². The highest BCUT2D eigenvalue weighted by Gasteiger charge is 2.35. The van der Waals surface area contributed by atoms with Crippen molar-refractivity contribution in [3.05, 3.63) is 29.3 Å². The maximum Gasteiger partial charge on any atom is 0.338 e. The molecule has 3 N–H and O–H groups in total. The van der Waals surface area contributed by atoms with Crippen LogP contribution in [0.25, 0.3) is 0 Å². The first kappa shape index (κ1) is 13.5. The van der Waals surface area contributed by atoms with Crippen molar-refractivity contribution in [1.82, 2.24) is 5.43 Å². The summed E-state index contributed by atoms with van der Waals surface area (Å²) >= 11 is 4.96. The number of rotatable bonds is 5. The van der Waals surface area contributed by atoms with E-state index in [9.17, 15) is 8.78 Å². The second-order valence-corrected chi connectivity index (χ2v) is 4.84. The predicted octanol–water partition coefficient (Wildman–Crippen LogP) is 2.22. The Morgan fingerprint density at radius 3 is 2.94 bits per heavy atom. The van der Waals surface area contributed by atoms with Gasteiger partial charge in [0.25, 0.3) is 0 Å². The first-order chi connectivity index (χ1) is 8.50. The van der Waals surface area contributed by atoms with Crippen LogP contribution in [0.15, 0.2) is 18.2 Å². The number of nitrogens with two attached hydrogens (primary N) is 1. The number of nitrogens with one attached hydrogen (secondary N) is 1. The van der Waals surface area contributed by atoms with Gasteiger partial charge >= 0.3 is 5.38 Å². The summed E-state index contributed by atoms with van der Waals surface area (Å²) in [6, 6.07) is 4.51. The zero-order valence-corrected chi connectivity index (χ0v) is 10.5. The summed E-state index contributed by atoms with van der Waals surface area (Å²) in [5.74, 6) is 5.96. The van der Waals surface area contributed by atoms with E-state index in [2.05, 4.69) is 5.43 Å². The molecule has 1 aromatic carbocycles. The zero-order valence-electron chi connectivity index (χ0n) is 9.76. The lowest BCUT2D eigenvalue weighted by Crippen LogP contribution is -2.45. The highest BCUT2D eigenvalue weighted by atomic mass is 35.5. The minimum Gasteiger partial charge on any atom is -0.493 e. The Hall–Kier alpha value is -0.910. The number of hydrazine groups is 1. The highest BCUT2D eigenvalue weighted by Crippen LogP contribution is 2.29. The SMILES string of the molecule is NNC(CCc1ccc2c(c1)CCO2)C(F)(F)Cl.